The molecule has 1 heterocycles. The standard InChI is InChI=1S/C17H23N3O4/c1-3-8-24-15-5-4-14(11-16(15)22-2)12-18-19-17(21)13-20-6-9-23-10-7-20/h3-5,11-12H,1,6-10,13H2,2H3,(H,19,21)/p+1/b18-12-. The number of benzene rings is 1. The van der Waals surface area contributed by atoms with Gasteiger partial charge < -0.3 is 19.1 Å². The molecule has 0 spiro atoms. The van der Waals surface area contributed by atoms with Crippen molar-refractivity contribution in [1.29, 1.82) is 0 Å². The molecule has 0 unspecified atom stereocenters. The Morgan fingerprint density at radius 1 is 1.42 bits per heavy atom. The molecule has 2 N–H and O–H groups in total. The van der Waals surface area contributed by atoms with Crippen molar-refractivity contribution in [3.8, 4) is 11.5 Å². The second-order valence-corrected chi connectivity index (χ2v) is 5.34. The molecule has 0 atom stereocenters. The van der Waals surface area contributed by atoms with Crippen molar-refractivity contribution in [2.75, 3.05) is 46.6 Å². The summed E-state index contributed by atoms with van der Waals surface area (Å²) in [4.78, 5) is 13.1. The number of hydrazone groups is 1. The molecule has 2 rings (SSSR count). The third kappa shape index (κ3) is 5.68. The molecule has 0 aromatic heterocycles. The van der Waals surface area contributed by atoms with Gasteiger partial charge in [0.2, 0.25) is 0 Å². The van der Waals surface area contributed by atoms with Crippen molar-refractivity contribution < 1.29 is 23.9 Å². The van der Waals surface area contributed by atoms with Gasteiger partial charge in [-0.05, 0) is 23.8 Å². The minimum atomic E-state index is -0.110. The summed E-state index contributed by atoms with van der Waals surface area (Å²) in [5, 5.41) is 3.99. The summed E-state index contributed by atoms with van der Waals surface area (Å²) in [7, 11) is 1.57. The molecule has 7 nitrogen and oxygen atoms in total. The number of ether oxygens (including phenoxy) is 3. The molecular formula is C17H24N3O4+. The van der Waals surface area contributed by atoms with Crippen LogP contribution in [-0.4, -0.2) is 58.7 Å². The highest BCUT2D eigenvalue weighted by Crippen LogP contribution is 2.27. The Hall–Kier alpha value is -2.38. The zero-order chi connectivity index (χ0) is 17.2. The van der Waals surface area contributed by atoms with E-state index in [4.69, 9.17) is 14.2 Å². The van der Waals surface area contributed by atoms with Crippen molar-refractivity contribution in [2.45, 2.75) is 0 Å². The van der Waals surface area contributed by atoms with Gasteiger partial charge in [-0.25, -0.2) is 5.43 Å². The lowest BCUT2D eigenvalue weighted by Crippen LogP contribution is -3.15. The lowest BCUT2D eigenvalue weighted by atomic mass is 10.2. The van der Waals surface area contributed by atoms with Crippen molar-refractivity contribution in [1.82, 2.24) is 5.43 Å². The number of carbonyl (C=O) groups excluding carboxylic acids is 1. The number of methoxy groups -OCH3 is 1. The molecule has 1 aliphatic heterocycles. The van der Waals surface area contributed by atoms with Crippen LogP contribution in [0.4, 0.5) is 0 Å². The minimum Gasteiger partial charge on any atom is -0.493 e. The fourth-order valence-electron chi connectivity index (χ4n) is 2.31. The Balaban J connectivity index is 1.86. The third-order valence-electron chi connectivity index (χ3n) is 3.56. The van der Waals surface area contributed by atoms with E-state index in [1.54, 1.807) is 31.5 Å². The van der Waals surface area contributed by atoms with Crippen molar-refractivity contribution in [3.05, 3.63) is 36.4 Å². The SMILES string of the molecule is C=CCOc1ccc(/C=N\NC(=O)C[NH+]2CCOCC2)cc1OC. The Labute approximate surface area is 141 Å². The van der Waals surface area contributed by atoms with Crippen molar-refractivity contribution in [3.63, 3.8) is 0 Å². The fourth-order valence-corrected chi connectivity index (χ4v) is 2.31. The molecule has 130 valence electrons. The number of carbonyl (C=O) groups is 1. The third-order valence-corrected chi connectivity index (χ3v) is 3.56. The first-order valence-corrected chi connectivity index (χ1v) is 7.88. The summed E-state index contributed by atoms with van der Waals surface area (Å²) >= 11 is 0. The quantitative estimate of drug-likeness (QED) is 0.386. The first-order valence-electron chi connectivity index (χ1n) is 7.88. The van der Waals surface area contributed by atoms with E-state index in [0.717, 1.165) is 18.7 Å². The van der Waals surface area contributed by atoms with Crippen LogP contribution in [0, 0.1) is 0 Å². The number of nitrogens with zero attached hydrogens (tertiary/aromatic N) is 1. The summed E-state index contributed by atoms with van der Waals surface area (Å²) in [6.45, 7) is 7.52. The predicted molar refractivity (Wildman–Crippen MR) is 90.8 cm³/mol. The van der Waals surface area contributed by atoms with Gasteiger partial charge in [-0.1, -0.05) is 12.7 Å². The summed E-state index contributed by atoms with van der Waals surface area (Å²) in [5.41, 5.74) is 3.35. The van der Waals surface area contributed by atoms with Crippen LogP contribution in [0.25, 0.3) is 0 Å². The number of quaternary nitrogens is 1. The number of hydrogen-bond donors (Lipinski definition) is 2. The largest absolute Gasteiger partial charge is 0.493 e. The molecule has 24 heavy (non-hydrogen) atoms. The van der Waals surface area contributed by atoms with Gasteiger partial charge in [0.15, 0.2) is 18.0 Å². The number of hydrogen-bond acceptors (Lipinski definition) is 5. The van der Waals surface area contributed by atoms with Gasteiger partial charge in [0, 0.05) is 0 Å². The van der Waals surface area contributed by atoms with Gasteiger partial charge in [-0.2, -0.15) is 5.10 Å². The van der Waals surface area contributed by atoms with Crippen molar-refractivity contribution in [2.24, 2.45) is 5.10 Å². The van der Waals surface area contributed by atoms with Gasteiger partial charge in [-0.15, -0.1) is 0 Å². The summed E-state index contributed by atoms with van der Waals surface area (Å²) < 4.78 is 16.0. The lowest BCUT2D eigenvalue weighted by molar-refractivity contribution is -0.900. The minimum absolute atomic E-state index is 0.110. The molecule has 1 aliphatic rings. The number of nitrogens with one attached hydrogen (secondary N) is 2. The number of rotatable bonds is 8. The predicted octanol–water partition coefficient (Wildman–Crippen LogP) is -0.375. The van der Waals surface area contributed by atoms with Crippen LogP contribution in [0.5, 0.6) is 11.5 Å². The second kappa shape index (κ2) is 9.69. The number of amides is 1. The fraction of sp³-hybridized carbons (Fsp3) is 0.412. The van der Waals surface area contributed by atoms with Gasteiger partial charge >= 0.3 is 0 Å². The second-order valence-electron chi connectivity index (χ2n) is 5.34. The van der Waals surface area contributed by atoms with Crippen LogP contribution >= 0.6 is 0 Å². The van der Waals surface area contributed by atoms with Crippen LogP contribution in [0.2, 0.25) is 0 Å². The molecular weight excluding hydrogens is 310 g/mol. The Kier molecular flexibility index (Phi) is 7.25. The highest BCUT2D eigenvalue weighted by Gasteiger charge is 2.17. The van der Waals surface area contributed by atoms with E-state index in [9.17, 15) is 4.79 Å². The summed E-state index contributed by atoms with van der Waals surface area (Å²) in [5.74, 6) is 1.13. The topological polar surface area (TPSA) is 73.6 Å². The van der Waals surface area contributed by atoms with E-state index >= 15 is 0 Å². The van der Waals surface area contributed by atoms with Crippen LogP contribution in [0.15, 0.2) is 36.0 Å². The molecule has 7 heteroatoms. The maximum absolute atomic E-state index is 11.9. The Bertz CT molecular complexity index is 583. The zero-order valence-corrected chi connectivity index (χ0v) is 13.9. The number of morpholine rings is 1. The average molecular weight is 334 g/mol. The average Bonchev–Trinajstić information content (AvgIpc) is 2.61. The maximum atomic E-state index is 11.9. The zero-order valence-electron chi connectivity index (χ0n) is 13.9. The smallest absolute Gasteiger partial charge is 0.295 e. The van der Waals surface area contributed by atoms with E-state index in [0.29, 0.717) is 37.9 Å². The van der Waals surface area contributed by atoms with Crippen LogP contribution in [0.3, 0.4) is 0 Å². The molecule has 1 aromatic rings. The van der Waals surface area contributed by atoms with Gasteiger partial charge in [-0.3, -0.25) is 4.79 Å². The van der Waals surface area contributed by atoms with Gasteiger partial charge in [0.05, 0.1) is 26.5 Å². The first-order chi connectivity index (χ1) is 11.7. The van der Waals surface area contributed by atoms with E-state index < -0.39 is 0 Å². The molecule has 0 radical (unpaired) electrons. The molecule has 1 fully saturated rings. The normalized spacial score (nSPS) is 15.2. The molecule has 0 bridgehead atoms. The molecule has 0 aliphatic carbocycles. The first kappa shape index (κ1) is 18.0. The van der Waals surface area contributed by atoms with Gasteiger partial charge in [0.25, 0.3) is 5.91 Å². The maximum Gasteiger partial charge on any atom is 0.295 e. The highest BCUT2D eigenvalue weighted by molar-refractivity contribution is 5.83. The molecule has 0 saturated carbocycles. The van der Waals surface area contributed by atoms with Gasteiger partial charge in [0.1, 0.15) is 19.7 Å². The highest BCUT2D eigenvalue weighted by atomic mass is 16.5. The van der Waals surface area contributed by atoms with Crippen LogP contribution in [-0.2, 0) is 9.53 Å². The van der Waals surface area contributed by atoms with Crippen molar-refractivity contribution >= 4 is 12.1 Å². The monoisotopic (exact) mass is 334 g/mol. The van der Waals surface area contributed by atoms with Crippen LogP contribution < -0.4 is 19.8 Å². The van der Waals surface area contributed by atoms with E-state index in [1.807, 2.05) is 6.07 Å². The molecule has 1 saturated heterocycles. The summed E-state index contributed by atoms with van der Waals surface area (Å²) in [6.07, 6.45) is 3.24. The molecule has 1 amide bonds. The molecule has 1 aromatic carbocycles. The Morgan fingerprint density at radius 2 is 2.21 bits per heavy atom. The van der Waals surface area contributed by atoms with Crippen LogP contribution in [0.1, 0.15) is 5.56 Å². The van der Waals surface area contributed by atoms with E-state index in [1.165, 1.54) is 4.90 Å². The lowest BCUT2D eigenvalue weighted by Gasteiger charge is -2.22. The Morgan fingerprint density at radius 3 is 2.92 bits per heavy atom. The van der Waals surface area contributed by atoms with E-state index in [2.05, 4.69) is 17.1 Å². The van der Waals surface area contributed by atoms with E-state index in [-0.39, 0.29) is 5.91 Å². The summed E-state index contributed by atoms with van der Waals surface area (Å²) in [6, 6.07) is 5.43.